The van der Waals surface area contributed by atoms with Crippen molar-refractivity contribution >= 4 is 0 Å². The van der Waals surface area contributed by atoms with Gasteiger partial charge < -0.3 is 33.2 Å². The van der Waals surface area contributed by atoms with Crippen LogP contribution in [-0.4, -0.2) is 142 Å². The summed E-state index contributed by atoms with van der Waals surface area (Å²) in [6.07, 6.45) is 0. The second-order valence-corrected chi connectivity index (χ2v) is 8.48. The summed E-state index contributed by atoms with van der Waals surface area (Å²) in [5.41, 5.74) is 0. The smallest absolute Gasteiger partial charge is 0.0701 e. The number of nitrogens with zero attached hydrogens (tertiary/aromatic N) is 2. The Morgan fingerprint density at radius 1 is 0.323 bits per heavy atom. The van der Waals surface area contributed by atoms with Crippen LogP contribution in [0.4, 0.5) is 0 Å². The molecule has 4 bridgehead atoms. The van der Waals surface area contributed by atoms with Crippen LogP contribution in [-0.2, 0) is 33.2 Å². The normalized spacial score (nSPS) is 34.8. The van der Waals surface area contributed by atoms with Crippen molar-refractivity contribution in [1.29, 1.82) is 0 Å². The van der Waals surface area contributed by atoms with Gasteiger partial charge in [0.15, 0.2) is 0 Å². The van der Waals surface area contributed by atoms with Gasteiger partial charge in [-0.05, 0) is 0 Å². The number of ether oxygens (including phenoxy) is 7. The first-order chi connectivity index (χ1) is 15.4. The van der Waals surface area contributed by atoms with Gasteiger partial charge in [-0.15, -0.1) is 0 Å². The largest absolute Gasteiger partial charge is 0.380 e. The van der Waals surface area contributed by atoms with E-state index in [-0.39, 0.29) is 11.8 Å². The van der Waals surface area contributed by atoms with Crippen LogP contribution in [0.15, 0.2) is 0 Å². The molecule has 31 heavy (non-hydrogen) atoms. The fourth-order valence-electron chi connectivity index (χ4n) is 3.85. The van der Waals surface area contributed by atoms with Gasteiger partial charge in [0.05, 0.1) is 92.5 Å². The van der Waals surface area contributed by atoms with Gasteiger partial charge in [0.1, 0.15) is 0 Å². The Morgan fingerprint density at radius 3 is 0.968 bits per heavy atom. The third-order valence-electron chi connectivity index (χ3n) is 5.81. The van der Waals surface area contributed by atoms with Crippen molar-refractivity contribution in [2.24, 2.45) is 11.8 Å². The van der Waals surface area contributed by atoms with Crippen molar-refractivity contribution in [3.63, 3.8) is 0 Å². The minimum absolute atomic E-state index is 0.228. The lowest BCUT2D eigenvalue weighted by atomic mass is 10.2. The van der Waals surface area contributed by atoms with Gasteiger partial charge in [0.2, 0.25) is 0 Å². The Balaban J connectivity index is 1.65. The minimum Gasteiger partial charge on any atom is -0.380 e. The highest BCUT2D eigenvalue weighted by Gasteiger charge is 2.17. The van der Waals surface area contributed by atoms with Gasteiger partial charge in [-0.25, -0.2) is 0 Å². The lowest BCUT2D eigenvalue weighted by molar-refractivity contribution is -0.0430. The molecule has 4 rings (SSSR count). The molecule has 4 aliphatic rings. The van der Waals surface area contributed by atoms with Gasteiger partial charge in [-0.3, -0.25) is 9.80 Å². The zero-order chi connectivity index (χ0) is 21.4. The second-order valence-electron chi connectivity index (χ2n) is 8.48. The molecule has 0 unspecified atom stereocenters. The van der Waals surface area contributed by atoms with Crippen LogP contribution in [0.1, 0.15) is 0 Å². The van der Waals surface area contributed by atoms with Gasteiger partial charge in [0, 0.05) is 51.1 Å². The summed E-state index contributed by atoms with van der Waals surface area (Å²) >= 11 is 0. The van der Waals surface area contributed by atoms with Crippen LogP contribution in [0, 0.1) is 11.8 Å². The highest BCUT2D eigenvalue weighted by atomic mass is 16.5. The first-order valence-corrected chi connectivity index (χ1v) is 11.9. The summed E-state index contributed by atoms with van der Waals surface area (Å²) in [6.45, 7) is 14.6. The SMILES string of the molecule is C1COCC2COCCN3CCOCC(COCCO1)COCCN(CCOC2)CC3. The molecule has 0 N–H and O–H groups in total. The first kappa shape index (κ1) is 25.3. The Bertz CT molecular complexity index is 384. The highest BCUT2D eigenvalue weighted by molar-refractivity contribution is 4.67. The molecular formula is C22H42N2O7. The molecule has 9 heteroatoms. The molecule has 4 heterocycles. The van der Waals surface area contributed by atoms with Gasteiger partial charge in [-0.2, -0.15) is 0 Å². The summed E-state index contributed by atoms with van der Waals surface area (Å²) < 4.78 is 41.3. The molecule has 4 fully saturated rings. The topological polar surface area (TPSA) is 71.1 Å². The third kappa shape index (κ3) is 11.4. The van der Waals surface area contributed by atoms with Crippen molar-refractivity contribution < 1.29 is 33.2 Å². The fraction of sp³-hybridized carbons (Fsp3) is 1.00. The summed E-state index contributed by atoms with van der Waals surface area (Å²) in [4.78, 5) is 4.88. The maximum atomic E-state index is 6.00. The van der Waals surface area contributed by atoms with Crippen molar-refractivity contribution in [3.8, 4) is 0 Å². The first-order valence-electron chi connectivity index (χ1n) is 11.9. The zero-order valence-electron chi connectivity index (χ0n) is 19.0. The maximum Gasteiger partial charge on any atom is 0.0701 e. The monoisotopic (exact) mass is 446 g/mol. The summed E-state index contributed by atoms with van der Waals surface area (Å²) in [6, 6.07) is 0. The van der Waals surface area contributed by atoms with E-state index in [4.69, 9.17) is 33.2 Å². The average molecular weight is 447 g/mol. The van der Waals surface area contributed by atoms with Crippen molar-refractivity contribution in [2.45, 2.75) is 0 Å². The van der Waals surface area contributed by atoms with Gasteiger partial charge in [0.25, 0.3) is 0 Å². The van der Waals surface area contributed by atoms with Gasteiger partial charge >= 0.3 is 0 Å². The molecule has 0 amide bonds. The molecule has 0 saturated carbocycles. The molecule has 0 spiro atoms. The Labute approximate surface area is 187 Å². The van der Waals surface area contributed by atoms with Crippen LogP contribution in [0.5, 0.6) is 0 Å². The fourth-order valence-corrected chi connectivity index (χ4v) is 3.85. The average Bonchev–Trinajstić information content (AvgIpc) is 2.80. The summed E-state index contributed by atoms with van der Waals surface area (Å²) in [5.74, 6) is 0.455. The minimum atomic E-state index is 0.228. The molecule has 0 aromatic rings. The third-order valence-corrected chi connectivity index (χ3v) is 5.81. The molecule has 0 aromatic carbocycles. The maximum absolute atomic E-state index is 6.00. The van der Waals surface area contributed by atoms with Crippen LogP contribution in [0.3, 0.4) is 0 Å². The number of rotatable bonds is 0. The van der Waals surface area contributed by atoms with E-state index in [1.165, 1.54) is 0 Å². The van der Waals surface area contributed by atoms with E-state index in [0.717, 1.165) is 39.3 Å². The molecule has 0 aromatic heterocycles. The van der Waals surface area contributed by atoms with Crippen LogP contribution in [0.25, 0.3) is 0 Å². The van der Waals surface area contributed by atoms with E-state index in [9.17, 15) is 0 Å². The quantitative estimate of drug-likeness (QED) is 0.478. The summed E-state index contributed by atoms with van der Waals surface area (Å²) in [5, 5.41) is 0. The number of fused-ring (bicyclic) bond motifs is 21. The van der Waals surface area contributed by atoms with E-state index < -0.39 is 0 Å². The molecule has 4 saturated heterocycles. The molecule has 9 nitrogen and oxygen atoms in total. The standard InChI is InChI=1S/C22H42N2O7/c1-2-24-5-9-28-17-21-15-26-7-3-23(1)4-8-27-16-22(18-29-10-6-24)20-31-14-12-25-11-13-30-19-21/h21-22H,1-20H2. The van der Waals surface area contributed by atoms with Crippen molar-refractivity contribution in [2.75, 3.05) is 132 Å². The van der Waals surface area contributed by atoms with Gasteiger partial charge in [-0.1, -0.05) is 0 Å². The Morgan fingerprint density at radius 2 is 0.613 bits per heavy atom. The molecule has 0 radical (unpaired) electrons. The predicted octanol–water partition coefficient (Wildman–Crippen LogP) is -0.0202. The molecule has 0 atom stereocenters. The van der Waals surface area contributed by atoms with E-state index in [0.29, 0.717) is 92.5 Å². The molecular weight excluding hydrogens is 404 g/mol. The molecule has 4 aliphatic heterocycles. The van der Waals surface area contributed by atoms with Crippen LogP contribution < -0.4 is 0 Å². The van der Waals surface area contributed by atoms with E-state index in [1.54, 1.807) is 0 Å². The lowest BCUT2D eigenvalue weighted by Gasteiger charge is -2.27. The Hall–Kier alpha value is -0.360. The Kier molecular flexibility index (Phi) is 13.3. The molecule has 182 valence electrons. The summed E-state index contributed by atoms with van der Waals surface area (Å²) in [7, 11) is 0. The van der Waals surface area contributed by atoms with E-state index in [2.05, 4.69) is 9.80 Å². The van der Waals surface area contributed by atoms with Crippen molar-refractivity contribution in [1.82, 2.24) is 9.80 Å². The zero-order valence-corrected chi connectivity index (χ0v) is 19.0. The molecule has 0 aliphatic carbocycles. The van der Waals surface area contributed by atoms with E-state index >= 15 is 0 Å². The lowest BCUT2D eigenvalue weighted by Crippen LogP contribution is -2.40. The highest BCUT2D eigenvalue weighted by Crippen LogP contribution is 2.06. The predicted molar refractivity (Wildman–Crippen MR) is 116 cm³/mol. The van der Waals surface area contributed by atoms with E-state index in [1.807, 2.05) is 0 Å². The number of hydrogen-bond donors (Lipinski definition) is 0. The van der Waals surface area contributed by atoms with Crippen LogP contribution in [0.2, 0.25) is 0 Å². The number of hydrogen-bond acceptors (Lipinski definition) is 9. The second kappa shape index (κ2) is 16.3. The van der Waals surface area contributed by atoms with Crippen molar-refractivity contribution in [3.05, 3.63) is 0 Å². The van der Waals surface area contributed by atoms with Crippen LogP contribution >= 0.6 is 0 Å².